The maximum absolute atomic E-state index is 6.15. The Labute approximate surface area is 154 Å². The monoisotopic (exact) mass is 358 g/mol. The topological polar surface area (TPSA) is 15.3 Å². The smallest absolute Gasteiger partial charge is 0.169 e. The van der Waals surface area contributed by atoms with E-state index in [1.807, 2.05) is 24.3 Å². The Bertz CT molecular complexity index is 668. The van der Waals surface area contributed by atoms with Gasteiger partial charge in [0.15, 0.2) is 5.11 Å². The number of hydrogen-bond acceptors (Lipinski definition) is 1. The van der Waals surface area contributed by atoms with Gasteiger partial charge in [-0.05, 0) is 61.2 Å². The van der Waals surface area contributed by atoms with Gasteiger partial charge in [-0.1, -0.05) is 54.1 Å². The Morgan fingerprint density at radius 2 is 1.79 bits per heavy atom. The van der Waals surface area contributed by atoms with Crippen LogP contribution in [0, 0.1) is 0 Å². The van der Waals surface area contributed by atoms with Crippen LogP contribution >= 0.6 is 23.8 Å². The van der Waals surface area contributed by atoms with Crippen LogP contribution in [0.15, 0.2) is 54.6 Å². The van der Waals surface area contributed by atoms with Gasteiger partial charge in [-0.15, -0.1) is 0 Å². The molecule has 0 saturated carbocycles. The molecule has 0 aliphatic carbocycles. The van der Waals surface area contributed by atoms with E-state index in [-0.39, 0.29) is 6.04 Å². The van der Waals surface area contributed by atoms with E-state index in [1.54, 1.807) is 0 Å². The summed E-state index contributed by atoms with van der Waals surface area (Å²) < 4.78 is 0. The molecule has 1 N–H and O–H groups in total. The third-order valence-corrected chi connectivity index (χ3v) is 5.08. The molecule has 0 aromatic heterocycles. The molecule has 1 aliphatic rings. The molecule has 2 aromatic carbocycles. The van der Waals surface area contributed by atoms with Crippen molar-refractivity contribution >= 4 is 28.9 Å². The van der Waals surface area contributed by atoms with Gasteiger partial charge >= 0.3 is 0 Å². The standard InChI is InChI=1S/C20H23ClN2S/c21-18-11-7-8-16(14-18)15-19(17-9-3-1-4-10-17)22-20(24)23-12-5-2-6-13-23/h1,3-4,7-11,14,19H,2,5-6,12-13,15H2,(H,22,24). The number of piperidine rings is 1. The number of nitrogens with one attached hydrogen (secondary N) is 1. The number of rotatable bonds is 4. The molecule has 0 bridgehead atoms. The summed E-state index contributed by atoms with van der Waals surface area (Å²) in [7, 11) is 0. The van der Waals surface area contributed by atoms with Crippen molar-refractivity contribution in [2.75, 3.05) is 13.1 Å². The quantitative estimate of drug-likeness (QED) is 0.775. The van der Waals surface area contributed by atoms with Crippen LogP contribution in [0.3, 0.4) is 0 Å². The number of likely N-dealkylation sites (tertiary alicyclic amines) is 1. The predicted octanol–water partition coefficient (Wildman–Crippen LogP) is 4.98. The molecule has 1 unspecified atom stereocenters. The van der Waals surface area contributed by atoms with Gasteiger partial charge in [0.05, 0.1) is 6.04 Å². The van der Waals surface area contributed by atoms with Crippen LogP contribution in [0.25, 0.3) is 0 Å². The fourth-order valence-electron chi connectivity index (χ4n) is 3.17. The Morgan fingerprint density at radius 3 is 2.50 bits per heavy atom. The van der Waals surface area contributed by atoms with Crippen molar-refractivity contribution in [1.29, 1.82) is 0 Å². The van der Waals surface area contributed by atoms with E-state index in [9.17, 15) is 0 Å². The lowest BCUT2D eigenvalue weighted by atomic mass is 9.99. The molecule has 126 valence electrons. The van der Waals surface area contributed by atoms with Crippen LogP contribution < -0.4 is 5.32 Å². The van der Waals surface area contributed by atoms with Crippen molar-refractivity contribution in [3.05, 3.63) is 70.7 Å². The first kappa shape index (κ1) is 17.2. The molecule has 2 nitrogen and oxygen atoms in total. The average molecular weight is 359 g/mol. The van der Waals surface area contributed by atoms with E-state index < -0.39 is 0 Å². The zero-order chi connectivity index (χ0) is 16.8. The number of nitrogens with zero attached hydrogens (tertiary/aromatic N) is 1. The van der Waals surface area contributed by atoms with E-state index >= 15 is 0 Å². The van der Waals surface area contributed by atoms with Gasteiger partial charge in [0, 0.05) is 18.1 Å². The molecule has 3 rings (SSSR count). The van der Waals surface area contributed by atoms with Crippen LogP contribution in [0.4, 0.5) is 0 Å². The van der Waals surface area contributed by atoms with Gasteiger partial charge in [-0.25, -0.2) is 0 Å². The maximum Gasteiger partial charge on any atom is 0.169 e. The second kappa shape index (κ2) is 8.50. The molecule has 0 spiro atoms. The van der Waals surface area contributed by atoms with Crippen molar-refractivity contribution < 1.29 is 0 Å². The first-order valence-electron chi connectivity index (χ1n) is 8.57. The van der Waals surface area contributed by atoms with E-state index in [1.165, 1.54) is 30.4 Å². The number of benzene rings is 2. The van der Waals surface area contributed by atoms with Crippen LogP contribution in [0.2, 0.25) is 5.02 Å². The minimum Gasteiger partial charge on any atom is -0.355 e. The van der Waals surface area contributed by atoms with E-state index in [0.29, 0.717) is 0 Å². The van der Waals surface area contributed by atoms with Crippen molar-refractivity contribution in [2.24, 2.45) is 0 Å². The number of hydrogen-bond donors (Lipinski definition) is 1. The predicted molar refractivity (Wildman–Crippen MR) is 105 cm³/mol. The van der Waals surface area contributed by atoms with Gasteiger partial charge in [0.2, 0.25) is 0 Å². The Balaban J connectivity index is 1.76. The molecule has 1 aliphatic heterocycles. The van der Waals surface area contributed by atoms with Crippen molar-refractivity contribution in [1.82, 2.24) is 10.2 Å². The minimum absolute atomic E-state index is 0.152. The summed E-state index contributed by atoms with van der Waals surface area (Å²) in [6.07, 6.45) is 4.63. The molecule has 24 heavy (non-hydrogen) atoms. The summed E-state index contributed by atoms with van der Waals surface area (Å²) in [6, 6.07) is 18.7. The van der Waals surface area contributed by atoms with Crippen LogP contribution in [-0.2, 0) is 6.42 Å². The lowest BCUT2D eigenvalue weighted by Gasteiger charge is -2.32. The highest BCUT2D eigenvalue weighted by molar-refractivity contribution is 7.80. The third-order valence-electron chi connectivity index (χ3n) is 4.47. The first-order valence-corrected chi connectivity index (χ1v) is 9.36. The van der Waals surface area contributed by atoms with Crippen LogP contribution in [0.5, 0.6) is 0 Å². The Kier molecular flexibility index (Phi) is 6.11. The average Bonchev–Trinajstić information content (AvgIpc) is 2.63. The summed E-state index contributed by atoms with van der Waals surface area (Å²) in [6.45, 7) is 2.12. The van der Waals surface area contributed by atoms with E-state index in [2.05, 4.69) is 40.5 Å². The van der Waals surface area contributed by atoms with Gasteiger partial charge in [0.25, 0.3) is 0 Å². The molecule has 1 saturated heterocycles. The van der Waals surface area contributed by atoms with E-state index in [4.69, 9.17) is 23.8 Å². The lowest BCUT2D eigenvalue weighted by Crippen LogP contribution is -2.44. The molecule has 4 heteroatoms. The summed E-state index contributed by atoms with van der Waals surface area (Å²) in [5, 5.41) is 5.23. The lowest BCUT2D eigenvalue weighted by molar-refractivity contribution is 0.334. The number of thiocarbonyl (C=S) groups is 1. The zero-order valence-electron chi connectivity index (χ0n) is 13.7. The summed E-state index contributed by atoms with van der Waals surface area (Å²) >= 11 is 11.8. The summed E-state index contributed by atoms with van der Waals surface area (Å²) in [5.41, 5.74) is 2.46. The van der Waals surface area contributed by atoms with Crippen LogP contribution in [-0.4, -0.2) is 23.1 Å². The second-order valence-corrected chi connectivity index (χ2v) is 7.12. The fourth-order valence-corrected chi connectivity index (χ4v) is 3.71. The molecule has 0 radical (unpaired) electrons. The van der Waals surface area contributed by atoms with Gasteiger partial charge in [-0.3, -0.25) is 0 Å². The molecule has 1 atom stereocenters. The van der Waals surface area contributed by atoms with E-state index in [0.717, 1.165) is 29.6 Å². The Hall–Kier alpha value is -1.58. The first-order chi connectivity index (χ1) is 11.7. The normalized spacial score (nSPS) is 15.8. The SMILES string of the molecule is S=C(NC(Cc1cccc(Cl)c1)c1ccccc1)N1CCCCC1. The summed E-state index contributed by atoms with van der Waals surface area (Å²) in [4.78, 5) is 2.30. The number of halogens is 1. The maximum atomic E-state index is 6.15. The molecular formula is C20H23ClN2S. The van der Waals surface area contributed by atoms with Crippen molar-refractivity contribution in [3.8, 4) is 0 Å². The van der Waals surface area contributed by atoms with Crippen molar-refractivity contribution in [3.63, 3.8) is 0 Å². The highest BCUT2D eigenvalue weighted by atomic mass is 35.5. The molecule has 2 aromatic rings. The highest BCUT2D eigenvalue weighted by Gasteiger charge is 2.18. The molecular weight excluding hydrogens is 336 g/mol. The molecule has 1 fully saturated rings. The van der Waals surface area contributed by atoms with Gasteiger partial charge in [-0.2, -0.15) is 0 Å². The second-order valence-electron chi connectivity index (χ2n) is 6.29. The van der Waals surface area contributed by atoms with Gasteiger partial charge < -0.3 is 10.2 Å². The summed E-state index contributed by atoms with van der Waals surface area (Å²) in [5.74, 6) is 0. The van der Waals surface area contributed by atoms with Gasteiger partial charge in [0.1, 0.15) is 0 Å². The third kappa shape index (κ3) is 4.71. The Morgan fingerprint density at radius 1 is 1.04 bits per heavy atom. The fraction of sp³-hybridized carbons (Fsp3) is 0.350. The minimum atomic E-state index is 0.152. The largest absolute Gasteiger partial charge is 0.355 e. The molecule has 0 amide bonds. The molecule has 1 heterocycles. The highest BCUT2D eigenvalue weighted by Crippen LogP contribution is 2.21. The zero-order valence-corrected chi connectivity index (χ0v) is 15.3. The van der Waals surface area contributed by atoms with Crippen molar-refractivity contribution in [2.45, 2.75) is 31.7 Å². The van der Waals surface area contributed by atoms with Crippen LogP contribution in [0.1, 0.15) is 36.4 Å².